The summed E-state index contributed by atoms with van der Waals surface area (Å²) in [7, 11) is 1.89. The molecule has 24 heavy (non-hydrogen) atoms. The largest absolute Gasteiger partial charge is 0.486 e. The minimum absolute atomic E-state index is 0.108. The molecule has 1 amide bonds. The smallest absolute Gasteiger partial charge is 0.238 e. The number of benzene rings is 2. The van der Waals surface area contributed by atoms with Crippen LogP contribution in [0.2, 0.25) is 5.02 Å². The Kier molecular flexibility index (Phi) is 5.23. The molecular formula is C18H19ClN2O3. The van der Waals surface area contributed by atoms with E-state index in [1.807, 2.05) is 42.3 Å². The van der Waals surface area contributed by atoms with Crippen LogP contribution in [0.4, 0.5) is 5.69 Å². The fraction of sp³-hybridized carbons (Fsp3) is 0.278. The molecule has 0 atom stereocenters. The summed E-state index contributed by atoms with van der Waals surface area (Å²) in [4.78, 5) is 14.1. The first-order valence-electron chi connectivity index (χ1n) is 7.73. The quantitative estimate of drug-likeness (QED) is 0.903. The average Bonchev–Trinajstić information content (AvgIpc) is 2.56. The van der Waals surface area contributed by atoms with E-state index in [1.54, 1.807) is 12.1 Å². The normalized spacial score (nSPS) is 13.0. The molecule has 1 aliphatic rings. The highest BCUT2D eigenvalue weighted by molar-refractivity contribution is 6.33. The van der Waals surface area contributed by atoms with Gasteiger partial charge in [-0.2, -0.15) is 0 Å². The van der Waals surface area contributed by atoms with Crippen LogP contribution in [0.5, 0.6) is 11.5 Å². The predicted molar refractivity (Wildman–Crippen MR) is 93.8 cm³/mol. The third-order valence-corrected chi connectivity index (χ3v) is 3.95. The number of carbonyl (C=O) groups excluding carboxylic acids is 1. The molecule has 1 aliphatic heterocycles. The van der Waals surface area contributed by atoms with Gasteiger partial charge in [0.15, 0.2) is 11.5 Å². The highest BCUT2D eigenvalue weighted by atomic mass is 35.5. The Balaban J connectivity index is 1.56. The Hall–Kier alpha value is -2.24. The number of amides is 1. The monoisotopic (exact) mass is 346 g/mol. The second-order valence-electron chi connectivity index (χ2n) is 5.68. The van der Waals surface area contributed by atoms with Crippen LogP contribution in [0.1, 0.15) is 5.56 Å². The third kappa shape index (κ3) is 4.19. The van der Waals surface area contributed by atoms with Gasteiger partial charge in [-0.15, -0.1) is 0 Å². The minimum atomic E-state index is -0.108. The van der Waals surface area contributed by atoms with Crippen LogP contribution in [-0.2, 0) is 11.3 Å². The van der Waals surface area contributed by atoms with Crippen LogP contribution in [0, 0.1) is 0 Å². The van der Waals surface area contributed by atoms with Crippen molar-refractivity contribution in [3.8, 4) is 11.5 Å². The second kappa shape index (κ2) is 7.55. The molecule has 0 fully saturated rings. The fourth-order valence-electron chi connectivity index (χ4n) is 2.55. The number of hydrogen-bond acceptors (Lipinski definition) is 4. The molecule has 0 radical (unpaired) electrons. The summed E-state index contributed by atoms with van der Waals surface area (Å²) in [6.07, 6.45) is 0. The van der Waals surface area contributed by atoms with Crippen LogP contribution in [0.3, 0.4) is 0 Å². The van der Waals surface area contributed by atoms with Crippen molar-refractivity contribution in [1.29, 1.82) is 0 Å². The molecule has 1 N–H and O–H groups in total. The van der Waals surface area contributed by atoms with Gasteiger partial charge in [0.2, 0.25) is 5.91 Å². The highest BCUT2D eigenvalue weighted by Crippen LogP contribution is 2.31. The molecular weight excluding hydrogens is 328 g/mol. The van der Waals surface area contributed by atoms with Crippen LogP contribution >= 0.6 is 11.6 Å². The SMILES string of the molecule is CN(CC(=O)Nc1ccccc1Cl)Cc1ccc2c(c1)OCCO2. The zero-order chi connectivity index (χ0) is 16.9. The van der Waals surface area contributed by atoms with Gasteiger partial charge in [-0.3, -0.25) is 9.69 Å². The van der Waals surface area contributed by atoms with Gasteiger partial charge in [0, 0.05) is 6.54 Å². The Morgan fingerprint density at radius 2 is 1.92 bits per heavy atom. The first kappa shape index (κ1) is 16.6. The molecule has 0 aromatic heterocycles. The maximum Gasteiger partial charge on any atom is 0.238 e. The van der Waals surface area contributed by atoms with E-state index in [0.29, 0.717) is 30.5 Å². The lowest BCUT2D eigenvalue weighted by molar-refractivity contribution is -0.117. The number of para-hydroxylation sites is 1. The molecule has 0 unspecified atom stereocenters. The number of nitrogens with one attached hydrogen (secondary N) is 1. The van der Waals surface area contributed by atoms with E-state index >= 15 is 0 Å². The molecule has 6 heteroatoms. The summed E-state index contributed by atoms with van der Waals surface area (Å²) in [5.41, 5.74) is 1.68. The topological polar surface area (TPSA) is 50.8 Å². The van der Waals surface area contributed by atoms with Crippen molar-refractivity contribution in [2.75, 3.05) is 32.1 Å². The number of nitrogens with zero attached hydrogens (tertiary/aromatic N) is 1. The first-order valence-corrected chi connectivity index (χ1v) is 8.11. The minimum Gasteiger partial charge on any atom is -0.486 e. The molecule has 3 rings (SSSR count). The van der Waals surface area contributed by atoms with Crippen LogP contribution in [0.25, 0.3) is 0 Å². The van der Waals surface area contributed by atoms with Crippen molar-refractivity contribution >= 4 is 23.2 Å². The lowest BCUT2D eigenvalue weighted by Gasteiger charge is -2.21. The molecule has 0 saturated heterocycles. The average molecular weight is 347 g/mol. The second-order valence-corrected chi connectivity index (χ2v) is 6.09. The molecule has 2 aromatic carbocycles. The molecule has 0 saturated carbocycles. The van der Waals surface area contributed by atoms with E-state index in [9.17, 15) is 4.79 Å². The van der Waals surface area contributed by atoms with Gasteiger partial charge in [0.25, 0.3) is 0 Å². The van der Waals surface area contributed by atoms with Gasteiger partial charge >= 0.3 is 0 Å². The van der Waals surface area contributed by atoms with Crippen molar-refractivity contribution in [1.82, 2.24) is 4.90 Å². The predicted octanol–water partition coefficient (Wildman–Crippen LogP) is 3.18. The Bertz CT molecular complexity index is 736. The first-order chi connectivity index (χ1) is 11.6. The van der Waals surface area contributed by atoms with Crippen molar-refractivity contribution in [2.24, 2.45) is 0 Å². The molecule has 0 spiro atoms. The van der Waals surface area contributed by atoms with E-state index < -0.39 is 0 Å². The number of rotatable bonds is 5. The number of ether oxygens (including phenoxy) is 2. The summed E-state index contributed by atoms with van der Waals surface area (Å²) in [5, 5.41) is 3.35. The van der Waals surface area contributed by atoms with Gasteiger partial charge in [0.1, 0.15) is 13.2 Å². The zero-order valence-electron chi connectivity index (χ0n) is 13.4. The summed E-state index contributed by atoms with van der Waals surface area (Å²) in [6, 6.07) is 13.0. The zero-order valence-corrected chi connectivity index (χ0v) is 14.2. The van der Waals surface area contributed by atoms with Crippen molar-refractivity contribution in [3.63, 3.8) is 0 Å². The van der Waals surface area contributed by atoms with Gasteiger partial charge in [-0.1, -0.05) is 29.8 Å². The molecule has 0 aliphatic carbocycles. The molecule has 0 bridgehead atoms. The number of halogens is 1. The van der Waals surface area contributed by atoms with Crippen molar-refractivity contribution in [2.45, 2.75) is 6.54 Å². The number of anilines is 1. The molecule has 5 nitrogen and oxygen atoms in total. The van der Waals surface area contributed by atoms with Crippen molar-refractivity contribution in [3.05, 3.63) is 53.1 Å². The highest BCUT2D eigenvalue weighted by Gasteiger charge is 2.14. The number of likely N-dealkylation sites (N-methyl/N-ethyl adjacent to an activating group) is 1. The Morgan fingerprint density at radius 3 is 2.71 bits per heavy atom. The maximum absolute atomic E-state index is 12.1. The maximum atomic E-state index is 12.1. The van der Waals surface area contributed by atoms with Gasteiger partial charge in [0.05, 0.1) is 17.3 Å². The van der Waals surface area contributed by atoms with Crippen LogP contribution in [-0.4, -0.2) is 37.6 Å². The van der Waals surface area contributed by atoms with E-state index in [-0.39, 0.29) is 12.5 Å². The summed E-state index contributed by atoms with van der Waals surface area (Å²) in [5.74, 6) is 1.42. The molecule has 126 valence electrons. The lowest BCUT2D eigenvalue weighted by Crippen LogP contribution is -2.30. The summed E-state index contributed by atoms with van der Waals surface area (Å²) >= 11 is 6.05. The standard InChI is InChI=1S/C18H19ClN2O3/c1-21(12-18(22)20-15-5-3-2-4-14(15)19)11-13-6-7-16-17(10-13)24-9-8-23-16/h2-7,10H,8-9,11-12H2,1H3,(H,20,22). The summed E-state index contributed by atoms with van der Waals surface area (Å²) in [6.45, 7) is 2.03. The summed E-state index contributed by atoms with van der Waals surface area (Å²) < 4.78 is 11.1. The van der Waals surface area contributed by atoms with E-state index in [0.717, 1.165) is 17.1 Å². The van der Waals surface area contributed by atoms with Crippen LogP contribution < -0.4 is 14.8 Å². The van der Waals surface area contributed by atoms with Crippen LogP contribution in [0.15, 0.2) is 42.5 Å². The molecule has 1 heterocycles. The van der Waals surface area contributed by atoms with E-state index in [2.05, 4.69) is 5.32 Å². The third-order valence-electron chi connectivity index (χ3n) is 3.62. The lowest BCUT2D eigenvalue weighted by atomic mass is 10.2. The Morgan fingerprint density at radius 1 is 1.17 bits per heavy atom. The van der Waals surface area contributed by atoms with Crippen molar-refractivity contribution < 1.29 is 14.3 Å². The fourth-order valence-corrected chi connectivity index (χ4v) is 2.73. The van der Waals surface area contributed by atoms with Gasteiger partial charge in [-0.05, 0) is 36.9 Å². The van der Waals surface area contributed by atoms with Gasteiger partial charge in [-0.25, -0.2) is 0 Å². The number of hydrogen-bond donors (Lipinski definition) is 1. The number of fused-ring (bicyclic) bond motifs is 1. The number of carbonyl (C=O) groups is 1. The van der Waals surface area contributed by atoms with E-state index in [4.69, 9.17) is 21.1 Å². The van der Waals surface area contributed by atoms with Gasteiger partial charge < -0.3 is 14.8 Å². The van der Waals surface area contributed by atoms with E-state index in [1.165, 1.54) is 0 Å². The Labute approximate surface area is 146 Å². The molecule has 2 aromatic rings.